The van der Waals surface area contributed by atoms with Crippen molar-refractivity contribution in [1.82, 2.24) is 0 Å². The van der Waals surface area contributed by atoms with E-state index in [9.17, 15) is 0 Å². The summed E-state index contributed by atoms with van der Waals surface area (Å²) in [5.41, 5.74) is 1.40. The maximum absolute atomic E-state index is 2.74. The van der Waals surface area contributed by atoms with Crippen LogP contribution in [0.2, 0.25) is 0 Å². The van der Waals surface area contributed by atoms with Gasteiger partial charge in [-0.15, -0.1) is 9.24 Å². The molecule has 0 bridgehead atoms. The van der Waals surface area contributed by atoms with Gasteiger partial charge in [-0.1, -0.05) is 36.0 Å². The van der Waals surface area contributed by atoms with E-state index in [4.69, 9.17) is 0 Å². The summed E-state index contributed by atoms with van der Waals surface area (Å²) in [7, 11) is 2.74. The summed E-state index contributed by atoms with van der Waals surface area (Å²) in [5.74, 6) is 0. The molecule has 0 saturated carbocycles. The average Bonchev–Trinajstić information content (AvgIpc) is 2.03. The minimum Gasteiger partial charge on any atom is -0.137 e. The van der Waals surface area contributed by atoms with Gasteiger partial charge in [-0.05, 0) is 26.4 Å². The van der Waals surface area contributed by atoms with Crippen molar-refractivity contribution in [3.63, 3.8) is 0 Å². The van der Waals surface area contributed by atoms with Crippen LogP contribution in [0.25, 0.3) is 0 Å². The third-order valence-corrected chi connectivity index (χ3v) is 1.71. The first-order chi connectivity index (χ1) is 5.35. The molecule has 0 N–H and O–H groups in total. The summed E-state index contributed by atoms with van der Waals surface area (Å²) >= 11 is 0. The van der Waals surface area contributed by atoms with E-state index in [-0.39, 0.29) is 0 Å². The predicted molar refractivity (Wildman–Crippen MR) is 56.9 cm³/mol. The van der Waals surface area contributed by atoms with Crippen LogP contribution in [0.1, 0.15) is 20.3 Å². The molecule has 0 aliphatic heterocycles. The molecule has 0 aliphatic rings. The van der Waals surface area contributed by atoms with Gasteiger partial charge >= 0.3 is 0 Å². The van der Waals surface area contributed by atoms with Gasteiger partial charge in [0.05, 0.1) is 0 Å². The maximum atomic E-state index is 2.74. The van der Waals surface area contributed by atoms with E-state index < -0.39 is 0 Å². The summed E-state index contributed by atoms with van der Waals surface area (Å²) in [4.78, 5) is 0. The van der Waals surface area contributed by atoms with Crippen molar-refractivity contribution in [2.45, 2.75) is 20.3 Å². The molecule has 11 heavy (non-hydrogen) atoms. The van der Waals surface area contributed by atoms with Gasteiger partial charge in [0.1, 0.15) is 0 Å². The quantitative estimate of drug-likeness (QED) is 0.446. The van der Waals surface area contributed by atoms with Crippen LogP contribution >= 0.6 is 9.24 Å². The van der Waals surface area contributed by atoms with E-state index in [1.807, 2.05) is 19.1 Å². The summed E-state index contributed by atoms with van der Waals surface area (Å²) in [6.07, 6.45) is 12.8. The lowest BCUT2D eigenvalue weighted by Crippen LogP contribution is -1.77. The summed E-state index contributed by atoms with van der Waals surface area (Å²) in [5, 5.41) is 0. The molecule has 0 saturated heterocycles. The fourth-order valence-corrected chi connectivity index (χ4v) is 1.11. The number of hydrogen-bond acceptors (Lipinski definition) is 0. The molecule has 1 unspecified atom stereocenters. The average molecular weight is 168 g/mol. The Bertz CT molecular complexity index is 164. The van der Waals surface area contributed by atoms with Gasteiger partial charge < -0.3 is 0 Å². The number of hydrogen-bond donors (Lipinski definition) is 0. The van der Waals surface area contributed by atoms with Crippen LogP contribution in [0.3, 0.4) is 0 Å². The van der Waals surface area contributed by atoms with Crippen molar-refractivity contribution in [2.75, 3.05) is 6.16 Å². The Labute approximate surface area is 72.3 Å². The molecule has 0 nitrogen and oxygen atoms in total. The topological polar surface area (TPSA) is 0 Å². The van der Waals surface area contributed by atoms with E-state index in [1.165, 1.54) is 5.57 Å². The molecule has 0 radical (unpaired) electrons. The van der Waals surface area contributed by atoms with Crippen LogP contribution in [0, 0.1) is 0 Å². The van der Waals surface area contributed by atoms with Crippen LogP contribution in [0.4, 0.5) is 0 Å². The standard InChI is InChI=1S/C10H17P/c1-3-5-6-7-10(4-2)8-9-11/h3-7H,8-9,11H2,1-2H3/b5-3-,7-6-,10-4+. The zero-order chi connectivity index (χ0) is 8.53. The van der Waals surface area contributed by atoms with E-state index in [0.717, 1.165) is 12.6 Å². The second kappa shape index (κ2) is 7.75. The highest BCUT2D eigenvalue weighted by atomic mass is 31.0. The third-order valence-electron chi connectivity index (χ3n) is 1.42. The lowest BCUT2D eigenvalue weighted by molar-refractivity contribution is 1.16. The summed E-state index contributed by atoms with van der Waals surface area (Å²) in [6.45, 7) is 4.10. The van der Waals surface area contributed by atoms with Crippen LogP contribution in [-0.4, -0.2) is 6.16 Å². The second-order valence-corrected chi connectivity index (χ2v) is 2.86. The Morgan fingerprint density at radius 3 is 2.45 bits per heavy atom. The third kappa shape index (κ3) is 6.06. The molecular weight excluding hydrogens is 151 g/mol. The van der Waals surface area contributed by atoms with Gasteiger partial charge in [-0.25, -0.2) is 0 Å². The highest BCUT2D eigenvalue weighted by molar-refractivity contribution is 7.16. The smallest absolute Gasteiger partial charge is 0.0247 e. The number of rotatable bonds is 4. The lowest BCUT2D eigenvalue weighted by Gasteiger charge is -1.95. The van der Waals surface area contributed by atoms with Gasteiger partial charge in [-0.2, -0.15) is 0 Å². The Morgan fingerprint density at radius 2 is 2.00 bits per heavy atom. The Morgan fingerprint density at radius 1 is 1.27 bits per heavy atom. The molecule has 1 heteroatoms. The minimum absolute atomic E-state index is 1.14. The van der Waals surface area contributed by atoms with E-state index in [1.54, 1.807) is 0 Å². The molecule has 1 atom stereocenters. The van der Waals surface area contributed by atoms with Gasteiger partial charge in [0.2, 0.25) is 0 Å². The molecule has 0 aromatic rings. The van der Waals surface area contributed by atoms with Crippen LogP contribution in [0.5, 0.6) is 0 Å². The van der Waals surface area contributed by atoms with Gasteiger partial charge in [0.25, 0.3) is 0 Å². The molecule has 0 rings (SSSR count). The molecule has 0 spiro atoms. The first-order valence-corrected chi connectivity index (χ1v) is 4.81. The summed E-state index contributed by atoms with van der Waals surface area (Å²) < 4.78 is 0. The van der Waals surface area contributed by atoms with Crippen molar-refractivity contribution in [2.24, 2.45) is 0 Å². The number of allylic oxidation sites excluding steroid dienone is 6. The van der Waals surface area contributed by atoms with E-state index in [2.05, 4.69) is 34.4 Å². The molecule has 0 aromatic heterocycles. The van der Waals surface area contributed by atoms with Crippen molar-refractivity contribution in [3.8, 4) is 0 Å². The Balaban J connectivity index is 3.88. The zero-order valence-corrected chi connectivity index (χ0v) is 8.53. The molecule has 0 aromatic carbocycles. The Kier molecular flexibility index (Phi) is 7.51. The van der Waals surface area contributed by atoms with E-state index in [0.29, 0.717) is 0 Å². The van der Waals surface area contributed by atoms with Gasteiger partial charge in [-0.3, -0.25) is 0 Å². The molecule has 0 fully saturated rings. The van der Waals surface area contributed by atoms with Crippen molar-refractivity contribution in [3.05, 3.63) is 36.0 Å². The second-order valence-electron chi connectivity index (χ2n) is 2.29. The summed E-state index contributed by atoms with van der Waals surface area (Å²) in [6, 6.07) is 0. The van der Waals surface area contributed by atoms with Crippen molar-refractivity contribution in [1.29, 1.82) is 0 Å². The monoisotopic (exact) mass is 168 g/mol. The molecule has 0 heterocycles. The van der Waals surface area contributed by atoms with Crippen LogP contribution in [0.15, 0.2) is 36.0 Å². The van der Waals surface area contributed by atoms with Crippen molar-refractivity contribution < 1.29 is 0 Å². The molecule has 0 aliphatic carbocycles. The fourth-order valence-electron chi connectivity index (χ4n) is 0.781. The zero-order valence-electron chi connectivity index (χ0n) is 7.38. The molecule has 62 valence electrons. The van der Waals surface area contributed by atoms with Gasteiger partial charge in [0.15, 0.2) is 0 Å². The highest BCUT2D eigenvalue weighted by Gasteiger charge is 1.85. The Hall–Kier alpha value is -0.350. The van der Waals surface area contributed by atoms with Crippen LogP contribution < -0.4 is 0 Å². The highest BCUT2D eigenvalue weighted by Crippen LogP contribution is 2.05. The molecule has 0 amide bonds. The first kappa shape index (κ1) is 10.7. The normalized spacial score (nSPS) is 13.5. The SMILES string of the molecule is C\C=C/C=C\C(=C/C)CCP. The first-order valence-electron chi connectivity index (χ1n) is 3.99. The minimum atomic E-state index is 1.14. The fraction of sp³-hybridized carbons (Fsp3) is 0.400. The largest absolute Gasteiger partial charge is 0.137 e. The van der Waals surface area contributed by atoms with Crippen molar-refractivity contribution >= 4 is 9.24 Å². The van der Waals surface area contributed by atoms with Gasteiger partial charge in [0, 0.05) is 0 Å². The lowest BCUT2D eigenvalue weighted by atomic mass is 10.2. The van der Waals surface area contributed by atoms with E-state index >= 15 is 0 Å². The maximum Gasteiger partial charge on any atom is -0.0247 e. The predicted octanol–water partition coefficient (Wildman–Crippen LogP) is 3.33. The molecular formula is C10H17P. The van der Waals surface area contributed by atoms with Crippen LogP contribution in [-0.2, 0) is 0 Å².